The van der Waals surface area contributed by atoms with Crippen LogP contribution in [0.25, 0.3) is 0 Å². The first-order valence-corrected chi connectivity index (χ1v) is 5.45. The molecule has 0 aromatic heterocycles. The third-order valence-electron chi connectivity index (χ3n) is 2.43. The number of rotatable bonds is 5. The zero-order chi connectivity index (χ0) is 14.4. The smallest absolute Gasteiger partial charge is 0.340 e. The molecule has 1 atom stereocenters. The van der Waals surface area contributed by atoms with Crippen LogP contribution in [0.5, 0.6) is 0 Å². The zero-order valence-electron chi connectivity index (χ0n) is 10.6. The second-order valence-corrected chi connectivity index (χ2v) is 3.64. The molecule has 0 aliphatic rings. The Morgan fingerprint density at radius 2 is 2.11 bits per heavy atom. The minimum absolute atomic E-state index is 0.00733. The predicted molar refractivity (Wildman–Crippen MR) is 66.2 cm³/mol. The lowest BCUT2D eigenvalue weighted by molar-refractivity contribution is -0.125. The molecule has 0 bridgehead atoms. The van der Waals surface area contributed by atoms with E-state index in [-0.39, 0.29) is 17.8 Å². The highest BCUT2D eigenvalue weighted by molar-refractivity contribution is 5.96. The van der Waals surface area contributed by atoms with Crippen molar-refractivity contribution >= 4 is 17.6 Å². The van der Waals surface area contributed by atoms with E-state index in [1.54, 1.807) is 0 Å². The van der Waals surface area contributed by atoms with Gasteiger partial charge in [-0.05, 0) is 18.2 Å². The normalized spacial score (nSPS) is 11.8. The van der Waals surface area contributed by atoms with Crippen molar-refractivity contribution in [3.63, 3.8) is 0 Å². The molecular formula is C12H15FN2O4. The summed E-state index contributed by atoms with van der Waals surface area (Å²) >= 11 is 0. The fourth-order valence-electron chi connectivity index (χ4n) is 1.40. The molecule has 3 N–H and O–H groups in total. The van der Waals surface area contributed by atoms with E-state index in [1.807, 2.05) is 0 Å². The van der Waals surface area contributed by atoms with Gasteiger partial charge in [-0.1, -0.05) is 0 Å². The maximum Gasteiger partial charge on any atom is 0.340 e. The Labute approximate surface area is 109 Å². The Kier molecular flexibility index (Phi) is 5.40. The zero-order valence-corrected chi connectivity index (χ0v) is 10.6. The van der Waals surface area contributed by atoms with Gasteiger partial charge in [0, 0.05) is 19.3 Å². The van der Waals surface area contributed by atoms with Gasteiger partial charge in [0.25, 0.3) is 5.91 Å². The van der Waals surface area contributed by atoms with Gasteiger partial charge in [0.05, 0.1) is 12.7 Å². The summed E-state index contributed by atoms with van der Waals surface area (Å²) in [5, 5.41) is 2.47. The summed E-state index contributed by atoms with van der Waals surface area (Å²) in [5.74, 6) is -2.03. The highest BCUT2D eigenvalue weighted by Crippen LogP contribution is 2.16. The van der Waals surface area contributed by atoms with Gasteiger partial charge < -0.3 is 20.5 Å². The van der Waals surface area contributed by atoms with Gasteiger partial charge in [0.1, 0.15) is 11.9 Å². The summed E-state index contributed by atoms with van der Waals surface area (Å²) in [6.07, 6.45) is -0.813. The number of ether oxygens (including phenoxy) is 2. The van der Waals surface area contributed by atoms with Gasteiger partial charge in [-0.2, -0.15) is 0 Å². The van der Waals surface area contributed by atoms with Crippen molar-refractivity contribution in [2.45, 2.75) is 6.10 Å². The largest absolute Gasteiger partial charge is 0.465 e. The van der Waals surface area contributed by atoms with Crippen LogP contribution in [0.15, 0.2) is 18.2 Å². The molecule has 0 aliphatic carbocycles. The first-order chi connectivity index (χ1) is 9.03. The summed E-state index contributed by atoms with van der Waals surface area (Å²) < 4.78 is 22.7. The average Bonchev–Trinajstić information content (AvgIpc) is 2.41. The minimum Gasteiger partial charge on any atom is -0.465 e. The number of hydrogen-bond donors (Lipinski definition) is 2. The van der Waals surface area contributed by atoms with E-state index in [1.165, 1.54) is 19.2 Å². The number of carbonyl (C=O) groups is 2. The summed E-state index contributed by atoms with van der Waals surface area (Å²) in [6, 6.07) is 3.57. The first-order valence-electron chi connectivity index (χ1n) is 5.45. The summed E-state index contributed by atoms with van der Waals surface area (Å²) in [5.41, 5.74) is 5.33. The maximum absolute atomic E-state index is 13.4. The van der Waals surface area contributed by atoms with Gasteiger partial charge in [-0.3, -0.25) is 4.79 Å². The molecule has 7 heteroatoms. The van der Waals surface area contributed by atoms with E-state index in [2.05, 4.69) is 10.1 Å². The molecule has 6 nitrogen and oxygen atoms in total. The number of esters is 1. The molecule has 104 valence electrons. The molecule has 1 amide bonds. The van der Waals surface area contributed by atoms with E-state index in [0.717, 1.165) is 13.2 Å². The lowest BCUT2D eigenvalue weighted by Crippen LogP contribution is -2.35. The Balaban J connectivity index is 2.91. The van der Waals surface area contributed by atoms with Crippen molar-refractivity contribution in [2.75, 3.05) is 26.1 Å². The van der Waals surface area contributed by atoms with Gasteiger partial charge in [0.15, 0.2) is 0 Å². The van der Waals surface area contributed by atoms with E-state index in [0.29, 0.717) is 0 Å². The number of amides is 1. The van der Waals surface area contributed by atoms with Crippen molar-refractivity contribution in [1.82, 2.24) is 0 Å². The third kappa shape index (κ3) is 3.73. The number of benzene rings is 1. The quantitative estimate of drug-likeness (QED) is 0.761. The Morgan fingerprint density at radius 3 is 2.63 bits per heavy atom. The van der Waals surface area contributed by atoms with Crippen molar-refractivity contribution in [2.24, 2.45) is 5.73 Å². The Morgan fingerprint density at radius 1 is 1.42 bits per heavy atom. The summed E-state index contributed by atoms with van der Waals surface area (Å²) in [4.78, 5) is 23.0. The van der Waals surface area contributed by atoms with E-state index >= 15 is 0 Å². The SMILES string of the molecule is COC(=O)c1cc(NC(=O)C(CN)OC)ccc1F. The molecule has 0 radical (unpaired) electrons. The van der Waals surface area contributed by atoms with Gasteiger partial charge in [-0.15, -0.1) is 0 Å². The average molecular weight is 270 g/mol. The molecule has 0 fully saturated rings. The summed E-state index contributed by atoms with van der Waals surface area (Å²) in [6.45, 7) is 0.00733. The molecule has 1 rings (SSSR count). The molecule has 1 aromatic carbocycles. The number of methoxy groups -OCH3 is 2. The Bertz CT molecular complexity index is 475. The lowest BCUT2D eigenvalue weighted by atomic mass is 10.2. The standard InChI is InChI=1S/C12H15FN2O4/c1-18-10(6-14)11(16)15-7-3-4-9(13)8(5-7)12(17)19-2/h3-5,10H,6,14H2,1-2H3,(H,15,16). The second-order valence-electron chi connectivity index (χ2n) is 3.64. The Hall–Kier alpha value is -1.99. The van der Waals surface area contributed by atoms with Crippen LogP contribution in [0.4, 0.5) is 10.1 Å². The van der Waals surface area contributed by atoms with Crippen LogP contribution >= 0.6 is 0 Å². The molecule has 19 heavy (non-hydrogen) atoms. The molecular weight excluding hydrogens is 255 g/mol. The number of carbonyl (C=O) groups excluding carboxylic acids is 2. The topological polar surface area (TPSA) is 90.7 Å². The van der Waals surface area contributed by atoms with Crippen LogP contribution in [-0.2, 0) is 14.3 Å². The molecule has 0 saturated heterocycles. The third-order valence-corrected chi connectivity index (χ3v) is 2.43. The first kappa shape index (κ1) is 15.1. The van der Waals surface area contributed by atoms with Gasteiger partial charge in [0.2, 0.25) is 0 Å². The van der Waals surface area contributed by atoms with Crippen LogP contribution in [0.3, 0.4) is 0 Å². The molecule has 1 aromatic rings. The molecule has 1 unspecified atom stereocenters. The van der Waals surface area contributed by atoms with Crippen LogP contribution < -0.4 is 11.1 Å². The molecule has 0 aliphatic heterocycles. The van der Waals surface area contributed by atoms with Crippen LogP contribution in [-0.4, -0.2) is 38.7 Å². The number of nitrogens with one attached hydrogen (secondary N) is 1. The van der Waals surface area contributed by atoms with E-state index in [4.69, 9.17) is 10.5 Å². The van der Waals surface area contributed by atoms with Crippen LogP contribution in [0.2, 0.25) is 0 Å². The summed E-state index contributed by atoms with van der Waals surface area (Å²) in [7, 11) is 2.49. The van der Waals surface area contributed by atoms with Gasteiger partial charge >= 0.3 is 5.97 Å². The maximum atomic E-state index is 13.4. The molecule has 0 saturated carbocycles. The number of anilines is 1. The van der Waals surface area contributed by atoms with Crippen LogP contribution in [0, 0.1) is 5.82 Å². The predicted octanol–water partition coefficient (Wildman–Crippen LogP) is 0.524. The lowest BCUT2D eigenvalue weighted by Gasteiger charge is -2.13. The fraction of sp³-hybridized carbons (Fsp3) is 0.333. The van der Waals surface area contributed by atoms with Crippen molar-refractivity contribution < 1.29 is 23.5 Å². The number of halogens is 1. The highest BCUT2D eigenvalue weighted by atomic mass is 19.1. The number of nitrogens with two attached hydrogens (primary N) is 1. The molecule has 0 heterocycles. The van der Waals surface area contributed by atoms with Crippen LogP contribution in [0.1, 0.15) is 10.4 Å². The van der Waals surface area contributed by atoms with E-state index < -0.39 is 23.8 Å². The van der Waals surface area contributed by atoms with Crippen molar-refractivity contribution in [3.8, 4) is 0 Å². The van der Waals surface area contributed by atoms with Gasteiger partial charge in [-0.25, -0.2) is 9.18 Å². The van der Waals surface area contributed by atoms with E-state index in [9.17, 15) is 14.0 Å². The number of hydrogen-bond acceptors (Lipinski definition) is 5. The second kappa shape index (κ2) is 6.81. The fourth-order valence-corrected chi connectivity index (χ4v) is 1.40. The minimum atomic E-state index is -0.823. The monoisotopic (exact) mass is 270 g/mol. The molecule has 0 spiro atoms. The highest BCUT2D eigenvalue weighted by Gasteiger charge is 2.18. The van der Waals surface area contributed by atoms with Crippen molar-refractivity contribution in [3.05, 3.63) is 29.6 Å². The van der Waals surface area contributed by atoms with Crippen molar-refractivity contribution in [1.29, 1.82) is 0 Å².